The molecule has 0 bridgehead atoms. The fourth-order valence-corrected chi connectivity index (χ4v) is 6.07. The average Bonchev–Trinajstić information content (AvgIpc) is 3.27. The van der Waals surface area contributed by atoms with Gasteiger partial charge in [0.1, 0.15) is 12.1 Å². The van der Waals surface area contributed by atoms with E-state index in [0.29, 0.717) is 11.3 Å². The van der Waals surface area contributed by atoms with Gasteiger partial charge in [-0.1, -0.05) is 24.3 Å². The maximum absolute atomic E-state index is 13.8. The third-order valence-electron chi connectivity index (χ3n) is 7.67. The van der Waals surface area contributed by atoms with E-state index in [-0.39, 0.29) is 16.7 Å². The van der Waals surface area contributed by atoms with Crippen molar-refractivity contribution in [2.75, 3.05) is 14.1 Å². The predicted octanol–water partition coefficient (Wildman–Crippen LogP) is 6.46. The fourth-order valence-electron chi connectivity index (χ4n) is 6.07. The Morgan fingerprint density at radius 2 is 1.30 bits per heavy atom. The first-order valence-electron chi connectivity index (χ1n) is 12.0. The number of rotatable bonds is 4. The lowest BCUT2D eigenvalue weighted by Gasteiger charge is -2.46. The molecule has 2 heterocycles. The van der Waals surface area contributed by atoms with Crippen LogP contribution in [0.2, 0.25) is 0 Å². The highest BCUT2D eigenvalue weighted by Gasteiger charge is 2.69. The average molecular weight is 559 g/mol. The molecule has 1 unspecified atom stereocenters. The van der Waals surface area contributed by atoms with E-state index in [2.05, 4.69) is 12.1 Å². The minimum absolute atomic E-state index is 0.0509. The van der Waals surface area contributed by atoms with E-state index in [1.54, 1.807) is 39.8 Å². The van der Waals surface area contributed by atoms with Crippen LogP contribution in [0, 0.1) is 22.7 Å². The number of benzene rings is 2. The van der Waals surface area contributed by atoms with Crippen LogP contribution in [-0.4, -0.2) is 40.8 Å². The van der Waals surface area contributed by atoms with Crippen molar-refractivity contribution in [1.29, 1.82) is 10.5 Å². The zero-order chi connectivity index (χ0) is 30.1. The van der Waals surface area contributed by atoms with Gasteiger partial charge in [-0.3, -0.25) is 4.79 Å². The largest absolute Gasteiger partial charge is 0.416 e. The van der Waals surface area contributed by atoms with Gasteiger partial charge in [0.05, 0.1) is 22.4 Å². The number of hydrogen-bond donors (Lipinski definition) is 0. The first-order valence-corrected chi connectivity index (χ1v) is 12.0. The van der Waals surface area contributed by atoms with Gasteiger partial charge in [-0.25, -0.2) is 4.90 Å². The van der Waals surface area contributed by atoms with Crippen LogP contribution >= 0.6 is 0 Å². The Bertz CT molecular complexity index is 1500. The Morgan fingerprint density at radius 1 is 0.850 bits per heavy atom. The van der Waals surface area contributed by atoms with Gasteiger partial charge in [-0.2, -0.15) is 36.9 Å². The molecule has 0 saturated heterocycles. The highest BCUT2D eigenvalue weighted by atomic mass is 19.4. The first-order chi connectivity index (χ1) is 18.4. The second-order valence-electron chi connectivity index (χ2n) is 10.5. The minimum atomic E-state index is -4.61. The second kappa shape index (κ2) is 8.97. The summed E-state index contributed by atoms with van der Waals surface area (Å²) in [5.41, 5.74) is -5.58. The van der Waals surface area contributed by atoms with Gasteiger partial charge >= 0.3 is 12.4 Å². The monoisotopic (exact) mass is 558 g/mol. The number of Topliss-reactive ketones (excluding diaryl/α,β-unsaturated/α-hetero) is 1. The number of halogens is 6. The first kappa shape index (κ1) is 28.9. The fraction of sp³-hybridized carbons (Fsp3) is 0.345. The quantitative estimate of drug-likeness (QED) is 0.318. The molecule has 0 fully saturated rings. The van der Waals surface area contributed by atoms with Gasteiger partial charge in [-0.15, -0.1) is 0 Å². The van der Waals surface area contributed by atoms with Crippen LogP contribution in [0.3, 0.4) is 0 Å². The Hall–Kier alpha value is -4.09. The van der Waals surface area contributed by atoms with Crippen molar-refractivity contribution in [3.63, 3.8) is 0 Å². The summed E-state index contributed by atoms with van der Waals surface area (Å²) in [7, 11) is 3.27. The van der Waals surface area contributed by atoms with E-state index in [1.807, 2.05) is 0 Å². The van der Waals surface area contributed by atoms with Crippen LogP contribution in [0.1, 0.15) is 47.8 Å². The van der Waals surface area contributed by atoms with E-state index in [0.717, 1.165) is 36.4 Å². The van der Waals surface area contributed by atoms with E-state index >= 15 is 0 Å². The number of likely N-dealkylation sites (N-methyl/N-ethyl adjacent to an activating group) is 1. The maximum atomic E-state index is 13.8. The lowest BCUT2D eigenvalue weighted by atomic mass is 9.82. The topological polar surface area (TPSA) is 71.1 Å². The third-order valence-corrected chi connectivity index (χ3v) is 7.67. The van der Waals surface area contributed by atoms with Crippen LogP contribution in [0.15, 0.2) is 71.5 Å². The molecule has 1 atom stereocenters. The maximum Gasteiger partial charge on any atom is 0.416 e. The van der Waals surface area contributed by atoms with Crippen LogP contribution in [0.25, 0.3) is 0 Å². The molecule has 208 valence electrons. The Labute approximate surface area is 227 Å². The summed E-state index contributed by atoms with van der Waals surface area (Å²) in [5, 5.41) is 20.9. The van der Waals surface area contributed by atoms with E-state index < -0.39 is 45.9 Å². The van der Waals surface area contributed by atoms with E-state index in [9.17, 15) is 41.7 Å². The molecule has 0 aliphatic carbocycles. The molecule has 0 N–H and O–H groups in total. The molecule has 0 aromatic heterocycles. The van der Waals surface area contributed by atoms with Crippen LogP contribution in [-0.2, 0) is 17.9 Å². The Morgan fingerprint density at radius 3 is 1.70 bits per heavy atom. The van der Waals surface area contributed by atoms with Gasteiger partial charge < -0.3 is 4.90 Å². The normalized spacial score (nSPS) is 21.9. The summed E-state index contributed by atoms with van der Waals surface area (Å²) in [5.74, 6) is -0.636. The highest BCUT2D eigenvalue weighted by Crippen LogP contribution is 2.61. The predicted molar refractivity (Wildman–Crippen MR) is 133 cm³/mol. The molecule has 0 saturated carbocycles. The van der Waals surface area contributed by atoms with Gasteiger partial charge in [0.25, 0.3) is 0 Å². The smallest absolute Gasteiger partial charge is 0.378 e. The second-order valence-corrected chi connectivity index (χ2v) is 10.5. The van der Waals surface area contributed by atoms with Crippen LogP contribution < -0.4 is 0 Å². The molecular weight excluding hydrogens is 534 g/mol. The van der Waals surface area contributed by atoms with E-state index in [1.165, 1.54) is 23.1 Å². The minimum Gasteiger partial charge on any atom is -0.378 e. The van der Waals surface area contributed by atoms with Crippen molar-refractivity contribution in [3.8, 4) is 12.1 Å². The lowest BCUT2D eigenvalue weighted by Crippen LogP contribution is -2.60. The van der Waals surface area contributed by atoms with Crippen LogP contribution in [0.4, 0.5) is 26.3 Å². The number of carbonyl (C=O) groups is 1. The molecule has 0 amide bonds. The van der Waals surface area contributed by atoms with Gasteiger partial charge in [0.15, 0.2) is 5.78 Å². The van der Waals surface area contributed by atoms with Crippen molar-refractivity contribution >= 4 is 5.78 Å². The van der Waals surface area contributed by atoms with Gasteiger partial charge in [-0.05, 0) is 62.2 Å². The van der Waals surface area contributed by atoms with E-state index in [4.69, 9.17) is 0 Å². The third kappa shape index (κ3) is 3.91. The SMILES string of the molecule is CC1=C(N(C)C)C(C#N)(C#N)N2C(C)(C)C(C(=O)c3ccc(C(F)(F)F)cc3)=CC12c1ccc(C(F)(F)F)cc1. The number of hydrogen-bond acceptors (Lipinski definition) is 5. The zero-order valence-corrected chi connectivity index (χ0v) is 22.2. The van der Waals surface area contributed by atoms with Crippen molar-refractivity contribution < 1.29 is 31.1 Å². The molecule has 2 aliphatic rings. The number of alkyl halides is 6. The molecule has 5 nitrogen and oxygen atoms in total. The van der Waals surface area contributed by atoms with Crippen molar-refractivity contribution in [2.45, 2.75) is 49.7 Å². The number of fused-ring (bicyclic) bond motifs is 1. The molecule has 40 heavy (non-hydrogen) atoms. The summed E-state index contributed by atoms with van der Waals surface area (Å²) in [6.45, 7) is 4.85. The number of nitrogens with zero attached hydrogens (tertiary/aromatic N) is 4. The molecule has 2 aliphatic heterocycles. The molecule has 2 aromatic carbocycles. The summed E-state index contributed by atoms with van der Waals surface area (Å²) in [6, 6.07) is 12.1. The van der Waals surface area contributed by atoms with Crippen molar-refractivity contribution in [1.82, 2.24) is 9.80 Å². The Balaban J connectivity index is 2.02. The molecular formula is C29H24F6N4O. The van der Waals surface area contributed by atoms with Crippen LogP contribution in [0.5, 0.6) is 0 Å². The molecule has 2 aromatic rings. The lowest BCUT2D eigenvalue weighted by molar-refractivity contribution is -0.138. The van der Waals surface area contributed by atoms with Crippen molar-refractivity contribution in [2.24, 2.45) is 0 Å². The molecule has 4 rings (SSSR count). The highest BCUT2D eigenvalue weighted by molar-refractivity contribution is 6.11. The van der Waals surface area contributed by atoms with Crippen molar-refractivity contribution in [3.05, 3.63) is 93.7 Å². The van der Waals surface area contributed by atoms with Gasteiger partial charge in [0.2, 0.25) is 5.54 Å². The number of ketones is 1. The molecule has 0 radical (unpaired) electrons. The standard InChI is InChI=1S/C29H24F6N4O/c1-17-24(38(4)5)26(15-36,16-37)39-25(2,3)22(23(40)18-6-8-20(9-7-18)28(30,31)32)14-27(17,39)19-10-12-21(13-11-19)29(33,34)35/h6-14H,1-5H3. The summed E-state index contributed by atoms with van der Waals surface area (Å²) in [6.07, 6.45) is -7.69. The summed E-state index contributed by atoms with van der Waals surface area (Å²) in [4.78, 5) is 16.9. The summed E-state index contributed by atoms with van der Waals surface area (Å²) < 4.78 is 79.5. The van der Waals surface area contributed by atoms with Gasteiger partial charge in [0, 0.05) is 30.8 Å². The number of nitriles is 2. The number of carbonyl (C=O) groups excluding carboxylic acids is 1. The zero-order valence-electron chi connectivity index (χ0n) is 22.2. The molecule has 0 spiro atoms. The Kier molecular flexibility index (Phi) is 6.48. The summed E-state index contributed by atoms with van der Waals surface area (Å²) >= 11 is 0. The molecule has 11 heteroatoms.